The standard InChI is InChI=1S/C17H21N3O2/c1-17(2)9-14-16(15(21)10-17)11(18-22)8-13-12-4-3-5-19(12)6-7-20(13)14/h3-5,8,13,18,22H,6-7,9-10H2,1-2H3/t13-/m0/s1. The van der Waals surface area contributed by atoms with Gasteiger partial charge in [0.15, 0.2) is 5.78 Å². The van der Waals surface area contributed by atoms with Crippen LogP contribution >= 0.6 is 0 Å². The Morgan fingerprint density at radius 1 is 1.32 bits per heavy atom. The summed E-state index contributed by atoms with van der Waals surface area (Å²) in [5.74, 6) is 0.124. The summed E-state index contributed by atoms with van der Waals surface area (Å²) < 4.78 is 2.24. The van der Waals surface area contributed by atoms with Crippen molar-refractivity contribution in [3.8, 4) is 0 Å². The van der Waals surface area contributed by atoms with Crippen LogP contribution in [0.3, 0.4) is 0 Å². The molecule has 22 heavy (non-hydrogen) atoms. The molecule has 116 valence electrons. The fraction of sp³-hybridized carbons (Fsp3) is 0.471. The van der Waals surface area contributed by atoms with E-state index in [9.17, 15) is 10.0 Å². The zero-order chi connectivity index (χ0) is 15.5. The van der Waals surface area contributed by atoms with Gasteiger partial charge in [0.25, 0.3) is 0 Å². The lowest BCUT2D eigenvalue weighted by Gasteiger charge is -2.46. The maximum atomic E-state index is 12.6. The molecule has 4 rings (SSSR count). The third-order valence-corrected chi connectivity index (χ3v) is 5.00. The van der Waals surface area contributed by atoms with Crippen LogP contribution in [0, 0.1) is 5.41 Å². The van der Waals surface area contributed by atoms with Crippen LogP contribution in [0.15, 0.2) is 41.4 Å². The maximum Gasteiger partial charge on any atom is 0.167 e. The molecule has 1 atom stereocenters. The molecule has 0 saturated carbocycles. The van der Waals surface area contributed by atoms with Gasteiger partial charge in [-0.3, -0.25) is 15.5 Å². The number of hydroxylamine groups is 1. The van der Waals surface area contributed by atoms with Gasteiger partial charge in [0.2, 0.25) is 0 Å². The number of Topliss-reactive ketones (excluding diaryl/α,β-unsaturated/α-hetero) is 1. The van der Waals surface area contributed by atoms with Gasteiger partial charge >= 0.3 is 0 Å². The molecule has 5 heteroatoms. The second-order valence-corrected chi connectivity index (χ2v) is 7.22. The molecule has 0 aromatic carbocycles. The summed E-state index contributed by atoms with van der Waals surface area (Å²) in [4.78, 5) is 14.9. The Hall–Kier alpha value is -2.01. The number of carbonyl (C=O) groups excluding carboxylic acids is 1. The van der Waals surface area contributed by atoms with E-state index in [0.717, 1.165) is 25.2 Å². The van der Waals surface area contributed by atoms with Crippen LogP contribution in [-0.2, 0) is 11.3 Å². The zero-order valence-electron chi connectivity index (χ0n) is 13.0. The predicted octanol–water partition coefficient (Wildman–Crippen LogP) is 2.36. The van der Waals surface area contributed by atoms with Crippen molar-refractivity contribution < 1.29 is 10.0 Å². The lowest BCUT2D eigenvalue weighted by molar-refractivity contribution is -0.118. The van der Waals surface area contributed by atoms with Gasteiger partial charge in [0, 0.05) is 37.1 Å². The van der Waals surface area contributed by atoms with Crippen LogP contribution in [0.4, 0.5) is 0 Å². The molecule has 0 fully saturated rings. The number of carbonyl (C=O) groups is 1. The summed E-state index contributed by atoms with van der Waals surface area (Å²) in [6.07, 6.45) is 5.45. The van der Waals surface area contributed by atoms with Crippen LogP contribution in [0.25, 0.3) is 0 Å². The molecule has 0 saturated heterocycles. The lowest BCUT2D eigenvalue weighted by atomic mass is 9.73. The van der Waals surface area contributed by atoms with Gasteiger partial charge < -0.3 is 9.47 Å². The minimum atomic E-state index is -0.0299. The van der Waals surface area contributed by atoms with Gasteiger partial charge in [-0.05, 0) is 30.0 Å². The average Bonchev–Trinajstić information content (AvgIpc) is 2.93. The number of rotatable bonds is 1. The molecule has 1 aliphatic carbocycles. The predicted molar refractivity (Wildman–Crippen MR) is 81.9 cm³/mol. The highest BCUT2D eigenvalue weighted by Crippen LogP contribution is 2.46. The molecule has 3 heterocycles. The summed E-state index contributed by atoms with van der Waals surface area (Å²) in [6, 6.07) is 4.25. The van der Waals surface area contributed by atoms with E-state index in [0.29, 0.717) is 17.7 Å². The molecule has 2 aliphatic heterocycles. The highest BCUT2D eigenvalue weighted by molar-refractivity contribution is 6.01. The van der Waals surface area contributed by atoms with E-state index in [1.54, 1.807) is 0 Å². The van der Waals surface area contributed by atoms with Crippen LogP contribution in [-0.4, -0.2) is 27.0 Å². The van der Waals surface area contributed by atoms with E-state index in [2.05, 4.69) is 47.1 Å². The SMILES string of the molecule is CC1(C)CC(=O)C2=C(C1)N1CCn3cccc3[C@@H]1C=C2NO. The van der Waals surface area contributed by atoms with Crippen LogP contribution in [0.2, 0.25) is 0 Å². The Labute approximate surface area is 129 Å². The number of hydrogen-bond acceptors (Lipinski definition) is 4. The van der Waals surface area contributed by atoms with Crippen molar-refractivity contribution in [2.45, 2.75) is 39.3 Å². The number of fused-ring (bicyclic) bond motifs is 4. The van der Waals surface area contributed by atoms with E-state index >= 15 is 0 Å². The second kappa shape index (κ2) is 4.49. The smallest absolute Gasteiger partial charge is 0.167 e. The first-order chi connectivity index (χ1) is 10.5. The minimum Gasteiger partial charge on any atom is -0.360 e. The van der Waals surface area contributed by atoms with Gasteiger partial charge in [0.1, 0.15) is 0 Å². The molecule has 5 nitrogen and oxygen atoms in total. The zero-order valence-corrected chi connectivity index (χ0v) is 13.0. The Kier molecular flexibility index (Phi) is 2.78. The molecule has 3 aliphatic rings. The van der Waals surface area contributed by atoms with Crippen LogP contribution in [0.1, 0.15) is 38.4 Å². The molecule has 1 aromatic heterocycles. The average molecular weight is 299 g/mol. The van der Waals surface area contributed by atoms with E-state index in [1.807, 2.05) is 6.08 Å². The highest BCUT2D eigenvalue weighted by atomic mass is 16.5. The van der Waals surface area contributed by atoms with Gasteiger partial charge in [-0.1, -0.05) is 13.8 Å². The van der Waals surface area contributed by atoms with Crippen molar-refractivity contribution in [1.82, 2.24) is 14.9 Å². The fourth-order valence-electron chi connectivity index (χ4n) is 4.07. The fourth-order valence-corrected chi connectivity index (χ4v) is 4.07. The first kappa shape index (κ1) is 13.6. The molecule has 0 unspecified atom stereocenters. The monoisotopic (exact) mass is 299 g/mol. The summed E-state index contributed by atoms with van der Waals surface area (Å²) >= 11 is 0. The Morgan fingerprint density at radius 2 is 2.14 bits per heavy atom. The topological polar surface area (TPSA) is 57.5 Å². The molecule has 0 radical (unpaired) electrons. The number of allylic oxidation sites excluding steroid dienone is 2. The number of nitrogens with zero attached hydrogens (tertiary/aromatic N) is 2. The maximum absolute atomic E-state index is 12.6. The van der Waals surface area contributed by atoms with Crippen molar-refractivity contribution >= 4 is 5.78 Å². The Morgan fingerprint density at radius 3 is 2.91 bits per heavy atom. The summed E-state index contributed by atoms with van der Waals surface area (Å²) in [7, 11) is 0. The normalized spacial score (nSPS) is 26.1. The van der Waals surface area contributed by atoms with E-state index in [4.69, 9.17) is 0 Å². The van der Waals surface area contributed by atoms with Gasteiger partial charge in [-0.25, -0.2) is 0 Å². The van der Waals surface area contributed by atoms with Gasteiger partial charge in [0.05, 0.1) is 17.3 Å². The molecular formula is C17H21N3O2. The largest absolute Gasteiger partial charge is 0.360 e. The van der Waals surface area contributed by atoms with Crippen LogP contribution in [0.5, 0.6) is 0 Å². The second-order valence-electron chi connectivity index (χ2n) is 7.22. The first-order valence-corrected chi connectivity index (χ1v) is 7.80. The summed E-state index contributed by atoms with van der Waals surface area (Å²) in [5.41, 5.74) is 5.76. The lowest BCUT2D eigenvalue weighted by Crippen LogP contribution is -2.44. The van der Waals surface area contributed by atoms with Crippen molar-refractivity contribution in [3.63, 3.8) is 0 Å². The molecule has 2 N–H and O–H groups in total. The third kappa shape index (κ3) is 1.85. The Balaban J connectivity index is 1.86. The van der Waals surface area contributed by atoms with E-state index in [1.165, 1.54) is 5.69 Å². The van der Waals surface area contributed by atoms with Crippen molar-refractivity contribution in [1.29, 1.82) is 0 Å². The van der Waals surface area contributed by atoms with E-state index in [-0.39, 0.29) is 17.2 Å². The van der Waals surface area contributed by atoms with Crippen molar-refractivity contribution in [2.24, 2.45) is 5.41 Å². The van der Waals surface area contributed by atoms with E-state index < -0.39 is 0 Å². The number of aromatic nitrogens is 1. The summed E-state index contributed by atoms with van der Waals surface area (Å²) in [6.45, 7) is 6.10. The molecule has 0 amide bonds. The molecule has 0 bridgehead atoms. The van der Waals surface area contributed by atoms with Crippen molar-refractivity contribution in [2.75, 3.05) is 6.54 Å². The Bertz CT molecular complexity index is 711. The van der Waals surface area contributed by atoms with Crippen molar-refractivity contribution in [3.05, 3.63) is 47.1 Å². The summed E-state index contributed by atoms with van der Waals surface area (Å²) in [5, 5.41) is 9.54. The quantitative estimate of drug-likeness (QED) is 0.782. The highest BCUT2D eigenvalue weighted by Gasteiger charge is 2.42. The number of ketones is 1. The molecular weight excluding hydrogens is 278 g/mol. The number of hydrogen-bond donors (Lipinski definition) is 2. The minimum absolute atomic E-state index is 0.0299. The third-order valence-electron chi connectivity index (χ3n) is 5.00. The molecule has 0 spiro atoms. The van der Waals surface area contributed by atoms with Gasteiger partial charge in [-0.2, -0.15) is 0 Å². The van der Waals surface area contributed by atoms with Crippen LogP contribution < -0.4 is 5.48 Å². The first-order valence-electron chi connectivity index (χ1n) is 7.80. The van der Waals surface area contributed by atoms with Gasteiger partial charge in [-0.15, -0.1) is 0 Å². The number of nitrogens with one attached hydrogen (secondary N) is 1. The molecule has 1 aromatic rings.